The summed E-state index contributed by atoms with van der Waals surface area (Å²) in [6, 6.07) is 6.97. The Kier molecular flexibility index (Phi) is 4.01. The summed E-state index contributed by atoms with van der Waals surface area (Å²) in [6.45, 7) is 1.80. The molecule has 0 saturated heterocycles. The Hall–Kier alpha value is -1.66. The molecule has 0 amide bonds. The van der Waals surface area contributed by atoms with Gasteiger partial charge in [0.1, 0.15) is 11.4 Å². The van der Waals surface area contributed by atoms with Gasteiger partial charge in [-0.15, -0.1) is 0 Å². The van der Waals surface area contributed by atoms with Crippen LogP contribution in [0.2, 0.25) is 0 Å². The van der Waals surface area contributed by atoms with Gasteiger partial charge in [0.05, 0.1) is 0 Å². The van der Waals surface area contributed by atoms with Crippen LogP contribution in [0.1, 0.15) is 12.7 Å². The second-order valence-corrected chi connectivity index (χ2v) is 5.32. The van der Waals surface area contributed by atoms with Gasteiger partial charge in [-0.2, -0.15) is 4.98 Å². The average Bonchev–Trinajstić information content (AvgIpc) is 2.26. The zero-order valence-electron chi connectivity index (χ0n) is 10.4. The van der Waals surface area contributed by atoms with Crippen molar-refractivity contribution in [3.63, 3.8) is 0 Å². The van der Waals surface area contributed by atoms with E-state index in [0.29, 0.717) is 17.8 Å². The Morgan fingerprint density at radius 3 is 2.84 bits per heavy atom. The van der Waals surface area contributed by atoms with E-state index in [-0.39, 0.29) is 23.0 Å². The molecular formula is C13H14BrN3O2. The van der Waals surface area contributed by atoms with E-state index in [2.05, 4.69) is 25.9 Å². The first-order valence-corrected chi connectivity index (χ1v) is 6.60. The normalized spacial score (nSPS) is 12.4. The number of aromatic hydroxyl groups is 1. The van der Waals surface area contributed by atoms with Gasteiger partial charge in [0.25, 0.3) is 5.56 Å². The molecule has 1 aromatic carbocycles. The predicted octanol–water partition coefficient (Wildman–Crippen LogP) is 1.79. The minimum Gasteiger partial charge on any atom is -0.493 e. The quantitative estimate of drug-likeness (QED) is 0.803. The monoisotopic (exact) mass is 323 g/mol. The third kappa shape index (κ3) is 3.21. The first-order chi connectivity index (χ1) is 8.97. The molecule has 2 rings (SSSR count). The molecule has 0 bridgehead atoms. The summed E-state index contributed by atoms with van der Waals surface area (Å²) in [5.74, 6) is 0.105. The summed E-state index contributed by atoms with van der Waals surface area (Å²) in [7, 11) is 0. The van der Waals surface area contributed by atoms with Gasteiger partial charge in [-0.05, 0) is 24.6 Å². The molecule has 100 valence electrons. The van der Waals surface area contributed by atoms with Gasteiger partial charge in [0.15, 0.2) is 0 Å². The SMILES string of the molecule is CC(N)Cc1nc(O)c(-c2cccc(Br)c2)c(=O)[nH]1. The zero-order valence-corrected chi connectivity index (χ0v) is 11.9. The summed E-state index contributed by atoms with van der Waals surface area (Å²) >= 11 is 3.32. The minimum atomic E-state index is -0.374. The molecule has 0 radical (unpaired) electrons. The van der Waals surface area contributed by atoms with Crippen LogP contribution >= 0.6 is 15.9 Å². The van der Waals surface area contributed by atoms with Crippen LogP contribution in [-0.2, 0) is 6.42 Å². The van der Waals surface area contributed by atoms with Gasteiger partial charge in [-0.25, -0.2) is 0 Å². The van der Waals surface area contributed by atoms with Crippen molar-refractivity contribution in [3.8, 4) is 17.0 Å². The third-order valence-corrected chi connectivity index (χ3v) is 3.07. The zero-order chi connectivity index (χ0) is 14.0. The molecule has 1 atom stereocenters. The lowest BCUT2D eigenvalue weighted by Crippen LogP contribution is -2.22. The molecule has 1 unspecified atom stereocenters. The molecular weight excluding hydrogens is 310 g/mol. The van der Waals surface area contributed by atoms with Gasteiger partial charge in [0, 0.05) is 16.9 Å². The highest BCUT2D eigenvalue weighted by Crippen LogP contribution is 2.25. The number of nitrogens with one attached hydrogen (secondary N) is 1. The van der Waals surface area contributed by atoms with Crippen molar-refractivity contribution in [1.29, 1.82) is 0 Å². The fraction of sp³-hybridized carbons (Fsp3) is 0.231. The number of aromatic nitrogens is 2. The summed E-state index contributed by atoms with van der Waals surface area (Å²) in [5, 5.41) is 9.94. The number of nitrogens with zero attached hydrogens (tertiary/aromatic N) is 1. The first kappa shape index (κ1) is 13.8. The number of nitrogens with two attached hydrogens (primary N) is 1. The maximum atomic E-state index is 12.0. The maximum Gasteiger partial charge on any atom is 0.262 e. The van der Waals surface area contributed by atoms with Crippen molar-refractivity contribution in [2.45, 2.75) is 19.4 Å². The van der Waals surface area contributed by atoms with Crippen LogP contribution in [-0.4, -0.2) is 21.1 Å². The van der Waals surface area contributed by atoms with Crippen LogP contribution in [0, 0.1) is 0 Å². The summed E-state index contributed by atoms with van der Waals surface area (Å²) in [5.41, 5.74) is 6.04. The lowest BCUT2D eigenvalue weighted by atomic mass is 10.1. The molecule has 0 spiro atoms. The number of H-pyrrole nitrogens is 1. The molecule has 6 heteroatoms. The van der Waals surface area contributed by atoms with E-state index in [1.165, 1.54) is 0 Å². The second-order valence-electron chi connectivity index (χ2n) is 4.40. The Morgan fingerprint density at radius 2 is 2.26 bits per heavy atom. The molecule has 1 heterocycles. The number of hydrogen-bond acceptors (Lipinski definition) is 4. The lowest BCUT2D eigenvalue weighted by Gasteiger charge is -2.08. The Morgan fingerprint density at radius 1 is 1.53 bits per heavy atom. The Bertz CT molecular complexity index is 653. The van der Waals surface area contributed by atoms with Crippen molar-refractivity contribution in [2.75, 3.05) is 0 Å². The molecule has 0 saturated carbocycles. The third-order valence-electron chi connectivity index (χ3n) is 2.58. The van der Waals surface area contributed by atoms with E-state index in [4.69, 9.17) is 5.73 Å². The largest absolute Gasteiger partial charge is 0.493 e. The minimum absolute atomic E-state index is 0.140. The molecule has 0 aliphatic heterocycles. The Balaban J connectivity index is 2.51. The summed E-state index contributed by atoms with van der Waals surface area (Å²) in [4.78, 5) is 18.7. The highest BCUT2D eigenvalue weighted by Gasteiger charge is 2.13. The van der Waals surface area contributed by atoms with E-state index in [0.717, 1.165) is 4.47 Å². The van der Waals surface area contributed by atoms with E-state index >= 15 is 0 Å². The molecule has 0 fully saturated rings. The molecule has 1 aromatic heterocycles. The van der Waals surface area contributed by atoms with E-state index in [1.54, 1.807) is 25.1 Å². The van der Waals surface area contributed by atoms with Gasteiger partial charge in [-0.3, -0.25) is 4.79 Å². The maximum absolute atomic E-state index is 12.0. The Labute approximate surface area is 118 Å². The van der Waals surface area contributed by atoms with Gasteiger partial charge >= 0.3 is 0 Å². The van der Waals surface area contributed by atoms with Crippen molar-refractivity contribution >= 4 is 15.9 Å². The van der Waals surface area contributed by atoms with Crippen LogP contribution < -0.4 is 11.3 Å². The van der Waals surface area contributed by atoms with Crippen LogP contribution in [0.5, 0.6) is 5.88 Å². The number of halogens is 1. The van der Waals surface area contributed by atoms with Gasteiger partial charge in [0.2, 0.25) is 5.88 Å². The molecule has 19 heavy (non-hydrogen) atoms. The van der Waals surface area contributed by atoms with E-state index in [1.807, 2.05) is 6.07 Å². The van der Waals surface area contributed by atoms with Crippen molar-refractivity contribution in [1.82, 2.24) is 9.97 Å². The van der Waals surface area contributed by atoms with Crippen LogP contribution in [0.3, 0.4) is 0 Å². The lowest BCUT2D eigenvalue weighted by molar-refractivity contribution is 0.449. The van der Waals surface area contributed by atoms with Crippen LogP contribution in [0.15, 0.2) is 33.5 Å². The first-order valence-electron chi connectivity index (χ1n) is 5.81. The molecule has 2 aromatic rings. The van der Waals surface area contributed by atoms with Crippen molar-refractivity contribution in [3.05, 3.63) is 44.9 Å². The van der Waals surface area contributed by atoms with E-state index < -0.39 is 0 Å². The molecule has 4 N–H and O–H groups in total. The molecule has 0 aliphatic carbocycles. The smallest absolute Gasteiger partial charge is 0.262 e. The van der Waals surface area contributed by atoms with E-state index in [9.17, 15) is 9.90 Å². The number of benzene rings is 1. The van der Waals surface area contributed by atoms with Gasteiger partial charge < -0.3 is 15.8 Å². The predicted molar refractivity (Wildman–Crippen MR) is 77.0 cm³/mol. The van der Waals surface area contributed by atoms with Crippen molar-refractivity contribution in [2.24, 2.45) is 5.73 Å². The number of aromatic amines is 1. The average molecular weight is 324 g/mol. The number of rotatable bonds is 3. The highest BCUT2D eigenvalue weighted by atomic mass is 79.9. The summed E-state index contributed by atoms with van der Waals surface area (Å²) < 4.78 is 0.823. The topological polar surface area (TPSA) is 92.0 Å². The van der Waals surface area contributed by atoms with Crippen LogP contribution in [0.4, 0.5) is 0 Å². The highest BCUT2D eigenvalue weighted by molar-refractivity contribution is 9.10. The van der Waals surface area contributed by atoms with Crippen molar-refractivity contribution < 1.29 is 5.11 Å². The standard InChI is InChI=1S/C13H14BrN3O2/c1-7(15)5-10-16-12(18)11(13(19)17-10)8-3-2-4-9(14)6-8/h2-4,6-7H,5,15H2,1H3,(H2,16,17,18,19). The molecule has 0 aliphatic rings. The van der Waals surface area contributed by atoms with Gasteiger partial charge in [-0.1, -0.05) is 28.1 Å². The fourth-order valence-corrected chi connectivity index (χ4v) is 2.21. The van der Waals surface area contributed by atoms with Crippen LogP contribution in [0.25, 0.3) is 11.1 Å². The summed E-state index contributed by atoms with van der Waals surface area (Å²) in [6.07, 6.45) is 0.404. The number of hydrogen-bond donors (Lipinski definition) is 3. The fourth-order valence-electron chi connectivity index (χ4n) is 1.81. The second kappa shape index (κ2) is 5.54. The molecule has 5 nitrogen and oxygen atoms in total.